The molecule has 0 radical (unpaired) electrons. The van der Waals surface area contributed by atoms with Crippen molar-refractivity contribution in [1.29, 1.82) is 0 Å². The van der Waals surface area contributed by atoms with Gasteiger partial charge in [-0.15, -0.1) is 0 Å². The number of halogens is 2. The minimum atomic E-state index is -1.05. The van der Waals surface area contributed by atoms with Gasteiger partial charge in [0.2, 0.25) is 5.91 Å². The Bertz CT molecular complexity index is 758. The van der Waals surface area contributed by atoms with Gasteiger partial charge in [-0.25, -0.2) is 4.39 Å². The summed E-state index contributed by atoms with van der Waals surface area (Å²) in [4.78, 5) is 13.5. The molecular formula is C23H30F2N2O. The molecule has 1 heterocycles. The number of hydrogen-bond donors (Lipinski definition) is 2. The maximum Gasteiger partial charge on any atom is 0.226 e. The maximum absolute atomic E-state index is 14.4. The van der Waals surface area contributed by atoms with Crippen molar-refractivity contribution < 1.29 is 13.6 Å². The smallest absolute Gasteiger partial charge is 0.226 e. The molecule has 5 heteroatoms. The van der Waals surface area contributed by atoms with E-state index in [2.05, 4.69) is 22.8 Å². The quantitative estimate of drug-likeness (QED) is 0.826. The van der Waals surface area contributed by atoms with Gasteiger partial charge in [-0.1, -0.05) is 30.3 Å². The first-order chi connectivity index (χ1) is 13.5. The minimum absolute atomic E-state index is 0.0238. The maximum atomic E-state index is 14.4. The predicted molar refractivity (Wildman–Crippen MR) is 104 cm³/mol. The zero-order chi connectivity index (χ0) is 19.4. The molecule has 6 atom stereocenters. The van der Waals surface area contributed by atoms with Crippen molar-refractivity contribution in [2.45, 2.75) is 62.6 Å². The van der Waals surface area contributed by atoms with Crippen LogP contribution in [-0.2, 0) is 10.2 Å². The van der Waals surface area contributed by atoms with Crippen molar-refractivity contribution in [1.82, 2.24) is 10.6 Å². The molecule has 2 unspecified atom stereocenters. The summed E-state index contributed by atoms with van der Waals surface area (Å²) in [6.45, 7) is 0.665. The molecular weight excluding hydrogens is 358 g/mol. The topological polar surface area (TPSA) is 41.1 Å². The lowest BCUT2D eigenvalue weighted by atomic mass is 9.38. The van der Waals surface area contributed by atoms with Crippen molar-refractivity contribution in [3.8, 4) is 0 Å². The molecule has 4 bridgehead atoms. The van der Waals surface area contributed by atoms with Crippen molar-refractivity contribution in [3.63, 3.8) is 0 Å². The molecule has 0 spiro atoms. The Hall–Kier alpha value is -1.49. The molecule has 28 heavy (non-hydrogen) atoms. The number of amides is 1. The van der Waals surface area contributed by atoms with Crippen LogP contribution in [0.2, 0.25) is 0 Å². The third-order valence-corrected chi connectivity index (χ3v) is 8.06. The van der Waals surface area contributed by atoms with Crippen LogP contribution in [0.3, 0.4) is 0 Å². The van der Waals surface area contributed by atoms with E-state index in [4.69, 9.17) is 0 Å². The summed E-state index contributed by atoms with van der Waals surface area (Å²) in [5, 5.41) is 6.10. The van der Waals surface area contributed by atoms with E-state index < -0.39 is 23.0 Å². The standard InChI is InChI=1S/C23H30F2N2O/c24-15-21-8-16-9-22(12-21,17-4-2-1-3-5-17)14-23(10-16,13-21)20(28)27-19-6-7-26-11-18(19)25/h1-5,16,18-19,26H,6-15H2,(H,27,28)/t16?,18-,19-,21-,22+,23?/m0/s1. The third-order valence-electron chi connectivity index (χ3n) is 8.06. The largest absolute Gasteiger partial charge is 0.350 e. The van der Waals surface area contributed by atoms with Gasteiger partial charge >= 0.3 is 0 Å². The van der Waals surface area contributed by atoms with Crippen LogP contribution in [0.4, 0.5) is 8.78 Å². The highest BCUT2D eigenvalue weighted by atomic mass is 19.1. The lowest BCUT2D eigenvalue weighted by molar-refractivity contribution is -0.166. The molecule has 1 amide bonds. The van der Waals surface area contributed by atoms with E-state index in [9.17, 15) is 13.6 Å². The molecule has 2 N–H and O–H groups in total. The molecule has 152 valence electrons. The Morgan fingerprint density at radius 3 is 2.71 bits per heavy atom. The molecule has 6 rings (SSSR count). The fourth-order valence-corrected chi connectivity index (χ4v) is 7.46. The summed E-state index contributed by atoms with van der Waals surface area (Å²) < 4.78 is 28.7. The van der Waals surface area contributed by atoms with Crippen molar-refractivity contribution in [2.24, 2.45) is 16.7 Å². The van der Waals surface area contributed by atoms with E-state index in [0.717, 1.165) is 38.6 Å². The number of rotatable bonds is 4. The van der Waals surface area contributed by atoms with Crippen LogP contribution in [0, 0.1) is 16.7 Å². The fourth-order valence-electron chi connectivity index (χ4n) is 7.46. The molecule has 3 nitrogen and oxygen atoms in total. The first-order valence-corrected chi connectivity index (χ1v) is 10.8. The summed E-state index contributed by atoms with van der Waals surface area (Å²) in [6.07, 6.45) is 4.57. The highest BCUT2D eigenvalue weighted by molar-refractivity contribution is 5.84. The number of carbonyl (C=O) groups excluding carboxylic acids is 1. The Morgan fingerprint density at radius 2 is 1.96 bits per heavy atom. The van der Waals surface area contributed by atoms with Gasteiger partial charge in [0.05, 0.1) is 18.1 Å². The number of piperidine rings is 1. The number of nitrogens with one attached hydrogen (secondary N) is 2. The van der Waals surface area contributed by atoms with Crippen molar-refractivity contribution in [2.75, 3.05) is 19.8 Å². The van der Waals surface area contributed by atoms with E-state index in [1.807, 2.05) is 18.2 Å². The van der Waals surface area contributed by atoms with Crippen LogP contribution in [-0.4, -0.2) is 37.9 Å². The molecule has 1 aromatic carbocycles. The first kappa shape index (κ1) is 18.5. The van der Waals surface area contributed by atoms with E-state index in [0.29, 0.717) is 25.3 Å². The van der Waals surface area contributed by atoms with Crippen LogP contribution in [0.5, 0.6) is 0 Å². The monoisotopic (exact) mass is 388 g/mol. The average Bonchev–Trinajstić information content (AvgIpc) is 2.69. The highest BCUT2D eigenvalue weighted by Crippen LogP contribution is 2.70. The highest BCUT2D eigenvalue weighted by Gasteiger charge is 2.66. The summed E-state index contributed by atoms with van der Waals surface area (Å²) in [5.41, 5.74) is 0.189. The summed E-state index contributed by atoms with van der Waals surface area (Å²) in [6, 6.07) is 9.98. The van der Waals surface area contributed by atoms with Gasteiger partial charge in [-0.2, -0.15) is 0 Å². The second-order valence-electron chi connectivity index (χ2n) is 10.2. The van der Waals surface area contributed by atoms with Gasteiger partial charge in [0.1, 0.15) is 6.17 Å². The third kappa shape index (κ3) is 2.80. The predicted octanol–water partition coefficient (Wildman–Crippen LogP) is 3.68. The number of alkyl halides is 2. The van der Waals surface area contributed by atoms with Crippen molar-refractivity contribution >= 4 is 5.91 Å². The molecule has 1 aliphatic heterocycles. The Kier molecular flexibility index (Phi) is 4.31. The SMILES string of the molecule is O=C(N[C@H]1CCNC[C@@H]1F)C12CC3C[C@@](CF)(C1)C[C@](c1ccccc1)(C3)C2. The summed E-state index contributed by atoms with van der Waals surface area (Å²) >= 11 is 0. The zero-order valence-electron chi connectivity index (χ0n) is 16.4. The van der Waals surface area contributed by atoms with Crippen molar-refractivity contribution in [3.05, 3.63) is 35.9 Å². The van der Waals surface area contributed by atoms with Crippen LogP contribution in [0.25, 0.3) is 0 Å². The average molecular weight is 389 g/mol. The first-order valence-electron chi connectivity index (χ1n) is 10.8. The lowest BCUT2D eigenvalue weighted by Gasteiger charge is -2.65. The van der Waals surface area contributed by atoms with Gasteiger partial charge in [0.25, 0.3) is 0 Å². The van der Waals surface area contributed by atoms with E-state index in [-0.39, 0.29) is 18.0 Å². The summed E-state index contributed by atoms with van der Waals surface area (Å²) in [5.74, 6) is 0.358. The molecule has 1 aromatic rings. The van der Waals surface area contributed by atoms with Crippen LogP contribution in [0.1, 0.15) is 50.5 Å². The molecule has 5 aliphatic rings. The van der Waals surface area contributed by atoms with Gasteiger partial charge in [0.15, 0.2) is 0 Å². The molecule has 4 saturated carbocycles. The Balaban J connectivity index is 1.48. The van der Waals surface area contributed by atoms with E-state index >= 15 is 0 Å². The fraction of sp³-hybridized carbons (Fsp3) is 0.696. The second-order valence-corrected chi connectivity index (χ2v) is 10.2. The molecule has 0 aromatic heterocycles. The van der Waals surface area contributed by atoms with Crippen LogP contribution >= 0.6 is 0 Å². The number of hydrogen-bond acceptors (Lipinski definition) is 2. The van der Waals surface area contributed by atoms with Gasteiger partial charge in [0, 0.05) is 12.0 Å². The minimum Gasteiger partial charge on any atom is -0.350 e. The number of benzene rings is 1. The summed E-state index contributed by atoms with van der Waals surface area (Å²) in [7, 11) is 0. The van der Waals surface area contributed by atoms with E-state index in [1.54, 1.807) is 0 Å². The second kappa shape index (κ2) is 6.51. The zero-order valence-corrected chi connectivity index (χ0v) is 16.4. The van der Waals surface area contributed by atoms with Gasteiger partial charge in [-0.05, 0) is 68.4 Å². The molecule has 5 fully saturated rings. The van der Waals surface area contributed by atoms with Crippen LogP contribution < -0.4 is 10.6 Å². The van der Waals surface area contributed by atoms with Crippen LogP contribution in [0.15, 0.2) is 30.3 Å². The van der Waals surface area contributed by atoms with E-state index in [1.165, 1.54) is 5.56 Å². The Labute approximate surface area is 165 Å². The lowest BCUT2D eigenvalue weighted by Crippen LogP contribution is -2.64. The number of carbonyl (C=O) groups is 1. The molecule has 4 aliphatic carbocycles. The Morgan fingerprint density at radius 1 is 1.14 bits per heavy atom. The molecule has 1 saturated heterocycles. The normalized spacial score (nSPS) is 44.4. The van der Waals surface area contributed by atoms with Gasteiger partial charge < -0.3 is 10.6 Å². The van der Waals surface area contributed by atoms with Gasteiger partial charge in [-0.3, -0.25) is 9.18 Å².